The third-order valence-electron chi connectivity index (χ3n) is 1.47. The maximum Gasteiger partial charge on any atom is 0.323 e. The maximum atomic E-state index is 11.2. The first-order valence-electron chi connectivity index (χ1n) is 4.22. The van der Waals surface area contributed by atoms with Crippen LogP contribution in [0.5, 0.6) is 0 Å². The van der Waals surface area contributed by atoms with Crippen LogP contribution in [0.1, 0.15) is 19.8 Å². The monoisotopic (exact) mass is 206 g/mol. The van der Waals surface area contributed by atoms with E-state index in [0.29, 0.717) is 6.54 Å². The average Bonchev–Trinajstić information content (AvgIpc) is 2.05. The Hall–Kier alpha value is -0.770. The Morgan fingerprint density at radius 1 is 1.46 bits per heavy atom. The first kappa shape index (κ1) is 12.2. The van der Waals surface area contributed by atoms with Crippen molar-refractivity contribution in [1.82, 2.24) is 10.2 Å². The number of rotatable bonds is 4. The van der Waals surface area contributed by atoms with Gasteiger partial charge < -0.3 is 4.90 Å². The number of halogens is 1. The number of hydrogen-bond acceptors (Lipinski definition) is 2. The van der Waals surface area contributed by atoms with Crippen LogP contribution in [0.25, 0.3) is 0 Å². The second-order valence-corrected chi connectivity index (χ2v) is 3.09. The zero-order valence-corrected chi connectivity index (χ0v) is 8.73. The van der Waals surface area contributed by atoms with E-state index < -0.39 is 0 Å². The van der Waals surface area contributed by atoms with Gasteiger partial charge in [-0.2, -0.15) is 0 Å². The van der Waals surface area contributed by atoms with Gasteiger partial charge in [0.2, 0.25) is 5.91 Å². The fraction of sp³-hybridized carbons (Fsp3) is 0.750. The Balaban J connectivity index is 3.78. The summed E-state index contributed by atoms with van der Waals surface area (Å²) in [6.07, 6.45) is 1.04. The van der Waals surface area contributed by atoms with E-state index in [1.165, 1.54) is 4.90 Å². The molecule has 0 saturated carbocycles. The van der Waals surface area contributed by atoms with Crippen LogP contribution in [0.3, 0.4) is 0 Å². The van der Waals surface area contributed by atoms with Crippen LogP contribution in [0, 0.1) is 0 Å². The topological polar surface area (TPSA) is 49.4 Å². The molecule has 0 aliphatic heterocycles. The quantitative estimate of drug-likeness (QED) is 0.703. The molecule has 0 atom stereocenters. The molecule has 76 valence electrons. The number of hydrogen-bond donors (Lipinski definition) is 1. The molecular weight excluding hydrogens is 192 g/mol. The molecule has 0 spiro atoms. The Morgan fingerprint density at radius 3 is 2.54 bits per heavy atom. The zero-order chi connectivity index (χ0) is 10.3. The smallest absolute Gasteiger partial charge is 0.323 e. The highest BCUT2D eigenvalue weighted by molar-refractivity contribution is 6.19. The van der Waals surface area contributed by atoms with Crippen LogP contribution in [0.2, 0.25) is 0 Å². The van der Waals surface area contributed by atoms with Crippen LogP contribution in [-0.4, -0.2) is 36.3 Å². The summed E-state index contributed by atoms with van der Waals surface area (Å²) in [4.78, 5) is 23.6. The van der Waals surface area contributed by atoms with E-state index in [1.807, 2.05) is 6.92 Å². The predicted octanol–water partition coefficient (Wildman–Crippen LogP) is 1.19. The van der Waals surface area contributed by atoms with Crippen molar-refractivity contribution in [2.24, 2.45) is 0 Å². The van der Waals surface area contributed by atoms with E-state index in [9.17, 15) is 9.59 Å². The minimum Gasteiger partial charge on any atom is -0.328 e. The molecule has 0 aliphatic rings. The van der Waals surface area contributed by atoms with Gasteiger partial charge in [-0.25, -0.2) is 4.79 Å². The van der Waals surface area contributed by atoms with Gasteiger partial charge >= 0.3 is 6.03 Å². The van der Waals surface area contributed by atoms with Crippen LogP contribution >= 0.6 is 11.6 Å². The fourth-order valence-corrected chi connectivity index (χ4v) is 0.972. The average molecular weight is 207 g/mol. The minimum absolute atomic E-state index is 0.174. The highest BCUT2D eigenvalue weighted by atomic mass is 35.5. The first-order chi connectivity index (χ1) is 6.11. The number of imide groups is 1. The first-order valence-corrected chi connectivity index (χ1v) is 4.76. The molecule has 0 aromatic carbocycles. The van der Waals surface area contributed by atoms with Crippen molar-refractivity contribution in [2.45, 2.75) is 19.8 Å². The molecule has 0 rings (SSSR count). The lowest BCUT2D eigenvalue weighted by Crippen LogP contribution is -2.41. The largest absolute Gasteiger partial charge is 0.328 e. The summed E-state index contributed by atoms with van der Waals surface area (Å²) in [5.41, 5.74) is 0. The summed E-state index contributed by atoms with van der Waals surface area (Å²) in [5.74, 6) is -0.0979. The molecule has 0 fully saturated rings. The third-order valence-corrected chi connectivity index (χ3v) is 1.66. The Labute approximate surface area is 83.2 Å². The lowest BCUT2D eigenvalue weighted by atomic mass is 10.4. The number of nitrogens with one attached hydrogen (secondary N) is 1. The minimum atomic E-state index is -0.364. The summed E-state index contributed by atoms with van der Waals surface area (Å²) in [6.45, 7) is 2.60. The number of alkyl halides is 1. The fourth-order valence-electron chi connectivity index (χ4n) is 0.800. The van der Waals surface area contributed by atoms with Gasteiger partial charge in [0.05, 0.1) is 0 Å². The van der Waals surface area contributed by atoms with Gasteiger partial charge in [0.1, 0.15) is 0 Å². The van der Waals surface area contributed by atoms with Gasteiger partial charge in [0.25, 0.3) is 0 Å². The van der Waals surface area contributed by atoms with Crippen LogP contribution < -0.4 is 5.32 Å². The second-order valence-electron chi connectivity index (χ2n) is 2.71. The van der Waals surface area contributed by atoms with Crippen molar-refractivity contribution < 1.29 is 9.59 Å². The van der Waals surface area contributed by atoms with Crippen molar-refractivity contribution in [3.05, 3.63) is 0 Å². The van der Waals surface area contributed by atoms with E-state index in [1.54, 1.807) is 7.05 Å². The molecule has 0 aliphatic carbocycles. The van der Waals surface area contributed by atoms with Gasteiger partial charge in [-0.1, -0.05) is 6.92 Å². The Kier molecular flexibility index (Phi) is 6.32. The van der Waals surface area contributed by atoms with E-state index in [-0.39, 0.29) is 24.2 Å². The van der Waals surface area contributed by atoms with E-state index >= 15 is 0 Å². The summed E-state index contributed by atoms with van der Waals surface area (Å²) in [6, 6.07) is -0.364. The molecule has 0 unspecified atom stereocenters. The normalized spacial score (nSPS) is 9.46. The molecule has 13 heavy (non-hydrogen) atoms. The molecular formula is C8H15ClN2O2. The highest BCUT2D eigenvalue weighted by Gasteiger charge is 2.10. The number of nitrogens with zero attached hydrogens (tertiary/aromatic N) is 1. The van der Waals surface area contributed by atoms with Gasteiger partial charge in [-0.15, -0.1) is 11.6 Å². The Morgan fingerprint density at radius 2 is 2.08 bits per heavy atom. The molecule has 1 N–H and O–H groups in total. The number of carbonyl (C=O) groups is 2. The molecule has 0 bridgehead atoms. The molecule has 4 nitrogen and oxygen atoms in total. The molecule has 0 heterocycles. The van der Waals surface area contributed by atoms with Gasteiger partial charge in [-0.3, -0.25) is 10.1 Å². The molecule has 3 amide bonds. The number of carbonyl (C=O) groups excluding carboxylic acids is 2. The molecule has 0 aromatic rings. The predicted molar refractivity (Wildman–Crippen MR) is 51.8 cm³/mol. The second kappa shape index (κ2) is 6.71. The SMILES string of the molecule is CCCN(C)C(=O)NC(=O)CCCl. The van der Waals surface area contributed by atoms with E-state index in [0.717, 1.165) is 6.42 Å². The van der Waals surface area contributed by atoms with Crippen molar-refractivity contribution >= 4 is 23.5 Å². The third kappa shape index (κ3) is 5.47. The van der Waals surface area contributed by atoms with Crippen LogP contribution in [0.15, 0.2) is 0 Å². The lowest BCUT2D eigenvalue weighted by molar-refractivity contribution is -0.119. The zero-order valence-electron chi connectivity index (χ0n) is 7.97. The molecule has 0 saturated heterocycles. The standard InChI is InChI=1S/C8H15ClN2O2/c1-3-6-11(2)8(13)10-7(12)4-5-9/h3-6H2,1-2H3,(H,10,12,13). The molecule has 0 aromatic heterocycles. The van der Waals surface area contributed by atoms with Crippen molar-refractivity contribution in [2.75, 3.05) is 19.5 Å². The van der Waals surface area contributed by atoms with Gasteiger partial charge in [0, 0.05) is 25.9 Å². The van der Waals surface area contributed by atoms with Gasteiger partial charge in [-0.05, 0) is 6.42 Å². The van der Waals surface area contributed by atoms with Crippen LogP contribution in [-0.2, 0) is 4.79 Å². The van der Waals surface area contributed by atoms with Gasteiger partial charge in [0.15, 0.2) is 0 Å². The number of urea groups is 1. The summed E-state index contributed by atoms with van der Waals surface area (Å²) in [5, 5.41) is 2.23. The number of amides is 3. The summed E-state index contributed by atoms with van der Waals surface area (Å²) < 4.78 is 0. The molecule has 5 heteroatoms. The highest BCUT2D eigenvalue weighted by Crippen LogP contribution is 1.89. The van der Waals surface area contributed by atoms with Crippen LogP contribution in [0.4, 0.5) is 4.79 Å². The lowest BCUT2D eigenvalue weighted by Gasteiger charge is -2.15. The van der Waals surface area contributed by atoms with E-state index in [4.69, 9.17) is 11.6 Å². The van der Waals surface area contributed by atoms with Crippen molar-refractivity contribution in [1.29, 1.82) is 0 Å². The van der Waals surface area contributed by atoms with Crippen molar-refractivity contribution in [3.63, 3.8) is 0 Å². The summed E-state index contributed by atoms with van der Waals surface area (Å²) in [7, 11) is 1.65. The van der Waals surface area contributed by atoms with Crippen molar-refractivity contribution in [3.8, 4) is 0 Å². The van der Waals surface area contributed by atoms with E-state index in [2.05, 4.69) is 5.32 Å². The summed E-state index contributed by atoms with van der Waals surface area (Å²) >= 11 is 5.33. The Bertz CT molecular complexity index is 185. The maximum absolute atomic E-state index is 11.2. The molecule has 0 radical (unpaired) electrons.